The van der Waals surface area contributed by atoms with Gasteiger partial charge in [0.2, 0.25) is 0 Å². The van der Waals surface area contributed by atoms with Gasteiger partial charge in [0.25, 0.3) is 0 Å². The molecule has 1 aromatic carbocycles. The standard InChI is InChI=1S/C16H21NO4/c1-11-8-14(15(18)19)9-12(2)17(11)16(20)21-10-13-6-4-3-5-7-13/h3-7,11-12,14H,8-10H2,1-2H3,(H,18,19)/t11-,12-/m0/s1. The number of ether oxygens (including phenoxy) is 1. The zero-order valence-electron chi connectivity index (χ0n) is 12.4. The summed E-state index contributed by atoms with van der Waals surface area (Å²) in [6, 6.07) is 9.25. The van der Waals surface area contributed by atoms with Crippen LogP contribution in [0, 0.1) is 5.92 Å². The number of nitrogens with zero attached hydrogens (tertiary/aromatic N) is 1. The van der Waals surface area contributed by atoms with Crippen molar-refractivity contribution >= 4 is 12.1 Å². The summed E-state index contributed by atoms with van der Waals surface area (Å²) in [5.74, 6) is -1.17. The van der Waals surface area contributed by atoms with Crippen LogP contribution >= 0.6 is 0 Å². The number of piperidine rings is 1. The first kappa shape index (κ1) is 15.4. The van der Waals surface area contributed by atoms with Crippen molar-refractivity contribution < 1.29 is 19.4 Å². The zero-order valence-corrected chi connectivity index (χ0v) is 12.4. The summed E-state index contributed by atoms with van der Waals surface area (Å²) in [5, 5.41) is 9.12. The lowest BCUT2D eigenvalue weighted by atomic mass is 9.87. The maximum atomic E-state index is 12.2. The first-order valence-corrected chi connectivity index (χ1v) is 7.21. The van der Waals surface area contributed by atoms with Crippen LogP contribution in [0.5, 0.6) is 0 Å². The van der Waals surface area contributed by atoms with E-state index >= 15 is 0 Å². The minimum absolute atomic E-state index is 0.127. The van der Waals surface area contributed by atoms with Gasteiger partial charge in [-0.15, -0.1) is 0 Å². The van der Waals surface area contributed by atoms with Crippen LogP contribution < -0.4 is 0 Å². The molecule has 1 aliphatic heterocycles. The van der Waals surface area contributed by atoms with E-state index < -0.39 is 5.97 Å². The van der Waals surface area contributed by atoms with Crippen molar-refractivity contribution in [2.75, 3.05) is 0 Å². The monoisotopic (exact) mass is 291 g/mol. The number of rotatable bonds is 3. The summed E-state index contributed by atoms with van der Waals surface area (Å²) >= 11 is 0. The minimum Gasteiger partial charge on any atom is -0.481 e. The first-order valence-electron chi connectivity index (χ1n) is 7.21. The van der Waals surface area contributed by atoms with Gasteiger partial charge in [0.1, 0.15) is 6.61 Å². The molecule has 0 aromatic heterocycles. The lowest BCUT2D eigenvalue weighted by Gasteiger charge is -2.40. The van der Waals surface area contributed by atoms with E-state index in [4.69, 9.17) is 9.84 Å². The highest BCUT2D eigenvalue weighted by molar-refractivity contribution is 5.72. The molecule has 0 saturated carbocycles. The van der Waals surface area contributed by atoms with Gasteiger partial charge in [0.05, 0.1) is 5.92 Å². The van der Waals surface area contributed by atoms with Crippen LogP contribution in [0.15, 0.2) is 30.3 Å². The summed E-state index contributed by atoms with van der Waals surface area (Å²) in [6.07, 6.45) is 0.572. The van der Waals surface area contributed by atoms with Gasteiger partial charge in [-0.3, -0.25) is 4.79 Å². The Bertz CT molecular complexity index is 490. The molecule has 2 rings (SSSR count). The van der Waals surface area contributed by atoms with E-state index in [1.54, 1.807) is 4.90 Å². The lowest BCUT2D eigenvalue weighted by molar-refractivity contribution is -0.144. The third kappa shape index (κ3) is 3.74. The van der Waals surface area contributed by atoms with Crippen molar-refractivity contribution in [2.45, 2.75) is 45.4 Å². The van der Waals surface area contributed by atoms with E-state index in [0.29, 0.717) is 12.8 Å². The molecule has 1 amide bonds. The molecule has 114 valence electrons. The molecule has 1 aliphatic rings. The smallest absolute Gasteiger partial charge is 0.410 e. The van der Waals surface area contributed by atoms with Crippen LogP contribution in [0.25, 0.3) is 0 Å². The normalized spacial score (nSPS) is 25.4. The topological polar surface area (TPSA) is 66.8 Å². The molecule has 1 heterocycles. The highest BCUT2D eigenvalue weighted by Crippen LogP contribution is 2.28. The second-order valence-electron chi connectivity index (χ2n) is 5.65. The van der Waals surface area contributed by atoms with Gasteiger partial charge >= 0.3 is 12.1 Å². The SMILES string of the molecule is C[C@H]1CC(C(=O)O)C[C@H](C)N1C(=O)OCc1ccccc1. The number of carbonyl (C=O) groups is 2. The summed E-state index contributed by atoms with van der Waals surface area (Å²) in [4.78, 5) is 25.0. The molecule has 1 N–H and O–H groups in total. The Hall–Kier alpha value is -2.04. The largest absolute Gasteiger partial charge is 0.481 e. The number of benzene rings is 1. The average molecular weight is 291 g/mol. The number of aliphatic carboxylic acids is 1. The lowest BCUT2D eigenvalue weighted by Crippen LogP contribution is -2.51. The van der Waals surface area contributed by atoms with Crippen molar-refractivity contribution in [1.29, 1.82) is 0 Å². The molecule has 1 saturated heterocycles. The van der Waals surface area contributed by atoms with Crippen molar-refractivity contribution in [3.8, 4) is 0 Å². The molecule has 5 nitrogen and oxygen atoms in total. The van der Waals surface area contributed by atoms with E-state index in [2.05, 4.69) is 0 Å². The number of likely N-dealkylation sites (tertiary alicyclic amines) is 1. The summed E-state index contributed by atoms with van der Waals surface area (Å²) < 4.78 is 5.34. The fraction of sp³-hybridized carbons (Fsp3) is 0.500. The number of hydrogen-bond donors (Lipinski definition) is 1. The maximum Gasteiger partial charge on any atom is 0.410 e. The second kappa shape index (κ2) is 6.61. The van der Waals surface area contributed by atoms with E-state index in [-0.39, 0.29) is 30.7 Å². The highest BCUT2D eigenvalue weighted by atomic mass is 16.6. The van der Waals surface area contributed by atoms with Crippen LogP contribution in [0.2, 0.25) is 0 Å². The molecule has 0 aliphatic carbocycles. The Balaban J connectivity index is 1.94. The fourth-order valence-electron chi connectivity index (χ4n) is 2.94. The zero-order chi connectivity index (χ0) is 15.4. The van der Waals surface area contributed by atoms with E-state index in [9.17, 15) is 9.59 Å². The number of carbonyl (C=O) groups excluding carboxylic acids is 1. The highest BCUT2D eigenvalue weighted by Gasteiger charge is 2.37. The quantitative estimate of drug-likeness (QED) is 0.930. The molecule has 1 aromatic rings. The van der Waals surface area contributed by atoms with E-state index in [1.165, 1.54) is 0 Å². The molecule has 2 atom stereocenters. The third-order valence-electron chi connectivity index (χ3n) is 3.97. The Kier molecular flexibility index (Phi) is 4.83. The average Bonchev–Trinajstić information content (AvgIpc) is 2.45. The van der Waals surface area contributed by atoms with Crippen molar-refractivity contribution in [2.24, 2.45) is 5.92 Å². The van der Waals surface area contributed by atoms with Gasteiger partial charge in [-0.25, -0.2) is 4.79 Å². The summed E-state index contributed by atoms with van der Waals surface area (Å²) in [6.45, 7) is 3.97. The number of amides is 1. The van der Waals surface area contributed by atoms with Crippen molar-refractivity contribution in [3.05, 3.63) is 35.9 Å². The maximum absolute atomic E-state index is 12.2. The van der Waals surface area contributed by atoms with E-state index in [0.717, 1.165) is 5.56 Å². The number of hydrogen-bond acceptors (Lipinski definition) is 3. The molecular weight excluding hydrogens is 270 g/mol. The van der Waals surface area contributed by atoms with Crippen LogP contribution in [0.4, 0.5) is 4.79 Å². The predicted molar refractivity (Wildman–Crippen MR) is 77.7 cm³/mol. The Morgan fingerprint density at radius 2 is 1.76 bits per heavy atom. The van der Waals surface area contributed by atoms with Gasteiger partial charge in [0.15, 0.2) is 0 Å². The van der Waals surface area contributed by atoms with E-state index in [1.807, 2.05) is 44.2 Å². The van der Waals surface area contributed by atoms with Crippen LogP contribution in [-0.4, -0.2) is 34.2 Å². The third-order valence-corrected chi connectivity index (χ3v) is 3.97. The minimum atomic E-state index is -0.786. The Morgan fingerprint density at radius 1 is 1.19 bits per heavy atom. The van der Waals surface area contributed by atoms with Gasteiger partial charge in [0, 0.05) is 12.1 Å². The number of carboxylic acids is 1. The van der Waals surface area contributed by atoms with Gasteiger partial charge in [-0.05, 0) is 32.3 Å². The molecule has 0 spiro atoms. The number of carboxylic acid groups (broad SMARTS) is 1. The molecule has 0 radical (unpaired) electrons. The van der Waals surface area contributed by atoms with Crippen LogP contribution in [-0.2, 0) is 16.1 Å². The molecule has 1 fully saturated rings. The summed E-state index contributed by atoms with van der Waals surface area (Å²) in [5.41, 5.74) is 0.937. The van der Waals surface area contributed by atoms with Gasteiger partial charge < -0.3 is 14.7 Å². The fourth-order valence-corrected chi connectivity index (χ4v) is 2.94. The molecular formula is C16H21NO4. The molecule has 0 unspecified atom stereocenters. The Labute approximate surface area is 124 Å². The van der Waals surface area contributed by atoms with Crippen LogP contribution in [0.3, 0.4) is 0 Å². The molecule has 21 heavy (non-hydrogen) atoms. The second-order valence-corrected chi connectivity index (χ2v) is 5.65. The van der Waals surface area contributed by atoms with Gasteiger partial charge in [-0.2, -0.15) is 0 Å². The molecule has 0 bridgehead atoms. The summed E-state index contributed by atoms with van der Waals surface area (Å²) in [7, 11) is 0. The first-order chi connectivity index (χ1) is 9.99. The predicted octanol–water partition coefficient (Wildman–Crippen LogP) is 2.90. The van der Waals surface area contributed by atoms with Crippen molar-refractivity contribution in [1.82, 2.24) is 4.90 Å². The Morgan fingerprint density at radius 3 is 2.29 bits per heavy atom. The van der Waals surface area contributed by atoms with Crippen LogP contribution in [0.1, 0.15) is 32.3 Å². The molecule has 5 heteroatoms. The van der Waals surface area contributed by atoms with Gasteiger partial charge in [-0.1, -0.05) is 30.3 Å². The van der Waals surface area contributed by atoms with Crippen molar-refractivity contribution in [3.63, 3.8) is 0 Å².